The molecule has 0 radical (unpaired) electrons. The molecule has 2 saturated carbocycles. The summed E-state index contributed by atoms with van der Waals surface area (Å²) in [4.78, 5) is 0. The van der Waals surface area contributed by atoms with Crippen molar-refractivity contribution in [3.8, 4) is 0 Å². The van der Waals surface area contributed by atoms with Crippen LogP contribution in [0.3, 0.4) is 0 Å². The van der Waals surface area contributed by atoms with Gasteiger partial charge in [-0.1, -0.05) is 47.0 Å². The largest absolute Gasteiger partial charge is 0.327 e. The van der Waals surface area contributed by atoms with Crippen LogP contribution >= 0.6 is 0 Å². The molecule has 0 aliphatic heterocycles. The first-order chi connectivity index (χ1) is 8.42. The van der Waals surface area contributed by atoms with Crippen LogP contribution in [-0.2, 0) is 0 Å². The zero-order valence-electron chi connectivity index (χ0n) is 12.9. The second kappa shape index (κ2) is 5.53. The summed E-state index contributed by atoms with van der Waals surface area (Å²) >= 11 is 0. The van der Waals surface area contributed by atoms with Crippen LogP contribution in [-0.4, -0.2) is 6.04 Å². The maximum Gasteiger partial charge on any atom is 0.0101 e. The van der Waals surface area contributed by atoms with Crippen molar-refractivity contribution in [3.05, 3.63) is 0 Å². The SMILES string of the molecule is CC1CCC(C(N)C2CCCCC2(C)C)CC1C. The van der Waals surface area contributed by atoms with Crippen LogP contribution in [0.2, 0.25) is 0 Å². The smallest absolute Gasteiger partial charge is 0.0101 e. The van der Waals surface area contributed by atoms with Gasteiger partial charge in [-0.15, -0.1) is 0 Å². The Balaban J connectivity index is 2.00. The third-order valence-corrected chi connectivity index (χ3v) is 6.24. The maximum absolute atomic E-state index is 6.71. The topological polar surface area (TPSA) is 26.0 Å². The Labute approximate surface area is 114 Å². The van der Waals surface area contributed by atoms with Gasteiger partial charge in [-0.3, -0.25) is 0 Å². The van der Waals surface area contributed by atoms with Crippen molar-refractivity contribution in [2.24, 2.45) is 34.8 Å². The van der Waals surface area contributed by atoms with E-state index in [4.69, 9.17) is 5.73 Å². The summed E-state index contributed by atoms with van der Waals surface area (Å²) in [5, 5.41) is 0. The van der Waals surface area contributed by atoms with Crippen LogP contribution in [0.5, 0.6) is 0 Å². The molecule has 106 valence electrons. The molecular weight excluding hydrogens is 218 g/mol. The molecular formula is C17H33N. The average molecular weight is 251 g/mol. The highest BCUT2D eigenvalue weighted by atomic mass is 14.7. The van der Waals surface area contributed by atoms with Gasteiger partial charge in [-0.05, 0) is 54.8 Å². The van der Waals surface area contributed by atoms with E-state index in [9.17, 15) is 0 Å². The fraction of sp³-hybridized carbons (Fsp3) is 1.00. The van der Waals surface area contributed by atoms with E-state index in [1.807, 2.05) is 0 Å². The van der Waals surface area contributed by atoms with Gasteiger partial charge in [0.2, 0.25) is 0 Å². The number of nitrogens with two attached hydrogens (primary N) is 1. The van der Waals surface area contributed by atoms with Gasteiger partial charge in [-0.2, -0.15) is 0 Å². The van der Waals surface area contributed by atoms with Gasteiger partial charge in [0.05, 0.1) is 0 Å². The Morgan fingerprint density at radius 2 is 1.72 bits per heavy atom. The van der Waals surface area contributed by atoms with E-state index in [1.54, 1.807) is 0 Å². The minimum atomic E-state index is 0.454. The van der Waals surface area contributed by atoms with Gasteiger partial charge < -0.3 is 5.73 Å². The van der Waals surface area contributed by atoms with Crippen LogP contribution in [0.25, 0.3) is 0 Å². The van der Waals surface area contributed by atoms with E-state index in [0.717, 1.165) is 23.7 Å². The first-order valence-electron chi connectivity index (χ1n) is 8.17. The summed E-state index contributed by atoms with van der Waals surface area (Å²) in [5.74, 6) is 3.34. The first kappa shape index (κ1) is 14.4. The van der Waals surface area contributed by atoms with Crippen LogP contribution in [0.1, 0.15) is 72.6 Å². The quantitative estimate of drug-likeness (QED) is 0.762. The molecule has 1 nitrogen and oxygen atoms in total. The Morgan fingerprint density at radius 1 is 1.00 bits per heavy atom. The molecule has 5 atom stereocenters. The lowest BCUT2D eigenvalue weighted by atomic mass is 9.61. The summed E-state index contributed by atoms with van der Waals surface area (Å²) in [6.07, 6.45) is 9.70. The normalized spacial score (nSPS) is 42.5. The predicted molar refractivity (Wildman–Crippen MR) is 79.4 cm³/mol. The number of hydrogen-bond donors (Lipinski definition) is 1. The van der Waals surface area contributed by atoms with Gasteiger partial charge in [0, 0.05) is 6.04 Å². The van der Waals surface area contributed by atoms with Gasteiger partial charge in [0.25, 0.3) is 0 Å². The summed E-state index contributed by atoms with van der Waals surface area (Å²) in [6, 6.07) is 0.454. The summed E-state index contributed by atoms with van der Waals surface area (Å²) in [5.41, 5.74) is 7.18. The van der Waals surface area contributed by atoms with E-state index in [1.165, 1.54) is 44.9 Å². The van der Waals surface area contributed by atoms with Crippen LogP contribution in [0, 0.1) is 29.1 Å². The van der Waals surface area contributed by atoms with E-state index in [-0.39, 0.29) is 0 Å². The highest BCUT2D eigenvalue weighted by Gasteiger charge is 2.40. The highest BCUT2D eigenvalue weighted by Crippen LogP contribution is 2.46. The van der Waals surface area contributed by atoms with Crippen molar-refractivity contribution in [2.75, 3.05) is 0 Å². The molecule has 0 aromatic carbocycles. The van der Waals surface area contributed by atoms with E-state index in [2.05, 4.69) is 27.7 Å². The minimum Gasteiger partial charge on any atom is -0.327 e. The molecule has 2 fully saturated rings. The molecule has 5 unspecified atom stereocenters. The molecule has 1 heteroatoms. The molecule has 2 aliphatic carbocycles. The third kappa shape index (κ3) is 2.92. The highest BCUT2D eigenvalue weighted by molar-refractivity contribution is 4.93. The van der Waals surface area contributed by atoms with Crippen molar-refractivity contribution in [1.29, 1.82) is 0 Å². The van der Waals surface area contributed by atoms with Crippen LogP contribution in [0.4, 0.5) is 0 Å². The number of hydrogen-bond acceptors (Lipinski definition) is 1. The van der Waals surface area contributed by atoms with E-state index < -0.39 is 0 Å². The number of rotatable bonds is 2. The van der Waals surface area contributed by atoms with Gasteiger partial charge in [0.15, 0.2) is 0 Å². The summed E-state index contributed by atoms with van der Waals surface area (Å²) < 4.78 is 0. The standard InChI is InChI=1S/C17H33N/c1-12-8-9-14(11-13(12)2)16(18)15-7-5-6-10-17(15,3)4/h12-16H,5-11,18H2,1-4H3. The fourth-order valence-electron chi connectivity index (χ4n) is 4.50. The van der Waals surface area contributed by atoms with Crippen molar-refractivity contribution in [3.63, 3.8) is 0 Å². The van der Waals surface area contributed by atoms with Crippen molar-refractivity contribution in [2.45, 2.75) is 78.7 Å². The Hall–Kier alpha value is -0.0400. The molecule has 2 rings (SSSR count). The molecule has 2 aliphatic rings. The molecule has 0 aromatic rings. The zero-order chi connectivity index (χ0) is 13.3. The maximum atomic E-state index is 6.71. The van der Waals surface area contributed by atoms with Crippen LogP contribution in [0.15, 0.2) is 0 Å². The Kier molecular flexibility index (Phi) is 4.41. The fourth-order valence-corrected chi connectivity index (χ4v) is 4.50. The molecule has 0 heterocycles. The third-order valence-electron chi connectivity index (χ3n) is 6.24. The second-order valence-electron chi connectivity index (χ2n) is 7.95. The van der Waals surface area contributed by atoms with Gasteiger partial charge in [-0.25, -0.2) is 0 Å². The zero-order valence-corrected chi connectivity index (χ0v) is 12.9. The van der Waals surface area contributed by atoms with Gasteiger partial charge in [0.1, 0.15) is 0 Å². The van der Waals surface area contributed by atoms with Crippen molar-refractivity contribution in [1.82, 2.24) is 0 Å². The molecule has 0 saturated heterocycles. The monoisotopic (exact) mass is 251 g/mol. The van der Waals surface area contributed by atoms with Crippen molar-refractivity contribution >= 4 is 0 Å². The lowest BCUT2D eigenvalue weighted by molar-refractivity contribution is 0.0654. The average Bonchev–Trinajstić information content (AvgIpc) is 2.31. The molecule has 0 bridgehead atoms. The lowest BCUT2D eigenvalue weighted by Gasteiger charge is -2.46. The summed E-state index contributed by atoms with van der Waals surface area (Å²) in [6.45, 7) is 9.74. The molecule has 0 amide bonds. The Morgan fingerprint density at radius 3 is 2.33 bits per heavy atom. The Bertz CT molecular complexity index is 271. The van der Waals surface area contributed by atoms with E-state index in [0.29, 0.717) is 11.5 Å². The summed E-state index contributed by atoms with van der Waals surface area (Å²) in [7, 11) is 0. The minimum absolute atomic E-state index is 0.454. The second-order valence-corrected chi connectivity index (χ2v) is 7.95. The first-order valence-corrected chi connectivity index (χ1v) is 8.17. The van der Waals surface area contributed by atoms with E-state index >= 15 is 0 Å². The van der Waals surface area contributed by atoms with Crippen LogP contribution < -0.4 is 5.73 Å². The molecule has 0 aromatic heterocycles. The lowest BCUT2D eigenvalue weighted by Crippen LogP contribution is -2.47. The molecule has 0 spiro atoms. The van der Waals surface area contributed by atoms with Gasteiger partial charge >= 0.3 is 0 Å². The molecule has 18 heavy (non-hydrogen) atoms. The van der Waals surface area contributed by atoms with Crippen molar-refractivity contribution < 1.29 is 0 Å². The predicted octanol–water partition coefficient (Wildman–Crippen LogP) is 4.60. The molecule has 2 N–H and O–H groups in total.